The van der Waals surface area contributed by atoms with Crippen molar-refractivity contribution >= 4 is 29.4 Å². The van der Waals surface area contributed by atoms with Crippen molar-refractivity contribution in [1.82, 2.24) is 0 Å². The van der Waals surface area contributed by atoms with Gasteiger partial charge in [0, 0.05) is 6.07 Å². The maximum Gasteiger partial charge on any atom is 0.301 e. The molecule has 0 spiro atoms. The van der Waals surface area contributed by atoms with Crippen LogP contribution in [0.5, 0.6) is 0 Å². The van der Waals surface area contributed by atoms with Gasteiger partial charge in [-0.3, -0.25) is 25.7 Å². The van der Waals surface area contributed by atoms with Gasteiger partial charge in [-0.05, 0) is 24.1 Å². The van der Waals surface area contributed by atoms with E-state index in [1.807, 2.05) is 43.3 Å². The van der Waals surface area contributed by atoms with Crippen molar-refractivity contribution in [2.75, 3.05) is 5.43 Å². The molecule has 8 heteroatoms. The maximum atomic E-state index is 11.0. The Bertz CT molecular complexity index is 816. The number of nitrogens with zero attached hydrogens (tertiary/aromatic N) is 3. The minimum absolute atomic E-state index is 0.0781. The zero-order valence-corrected chi connectivity index (χ0v) is 12.7. The molecule has 2 rings (SSSR count). The van der Waals surface area contributed by atoms with Crippen molar-refractivity contribution in [3.05, 3.63) is 79.9 Å². The molecular formula is C16H14N4O4. The summed E-state index contributed by atoms with van der Waals surface area (Å²) in [6.45, 7) is 1.84. The molecular weight excluding hydrogens is 312 g/mol. The van der Waals surface area contributed by atoms with Gasteiger partial charge in [0.05, 0.1) is 22.1 Å². The summed E-state index contributed by atoms with van der Waals surface area (Å²) in [5, 5.41) is 25.6. The molecule has 0 aliphatic rings. The summed E-state index contributed by atoms with van der Waals surface area (Å²) in [6.07, 6.45) is 3.41. The van der Waals surface area contributed by atoms with E-state index in [0.717, 1.165) is 17.2 Å². The van der Waals surface area contributed by atoms with Gasteiger partial charge in [-0.25, -0.2) is 0 Å². The fourth-order valence-electron chi connectivity index (χ4n) is 1.93. The number of nitro benzene ring substituents is 2. The molecule has 8 nitrogen and oxygen atoms in total. The van der Waals surface area contributed by atoms with E-state index in [4.69, 9.17) is 0 Å². The highest BCUT2D eigenvalue weighted by atomic mass is 16.6. The molecule has 2 aromatic carbocycles. The lowest BCUT2D eigenvalue weighted by Gasteiger charge is -2.02. The van der Waals surface area contributed by atoms with Gasteiger partial charge in [0.25, 0.3) is 5.69 Å². The van der Waals surface area contributed by atoms with Crippen LogP contribution in [0.3, 0.4) is 0 Å². The van der Waals surface area contributed by atoms with E-state index in [9.17, 15) is 20.2 Å². The predicted octanol–water partition coefficient (Wildman–Crippen LogP) is 4.00. The van der Waals surface area contributed by atoms with Crippen molar-refractivity contribution in [2.24, 2.45) is 5.10 Å². The molecule has 1 N–H and O–H groups in total. The van der Waals surface area contributed by atoms with Crippen LogP contribution in [0, 0.1) is 20.2 Å². The first kappa shape index (κ1) is 16.8. The Kier molecular flexibility index (Phi) is 5.35. The molecule has 0 amide bonds. The summed E-state index contributed by atoms with van der Waals surface area (Å²) in [7, 11) is 0. The van der Waals surface area contributed by atoms with Crippen LogP contribution >= 0.6 is 0 Å². The topological polar surface area (TPSA) is 111 Å². The van der Waals surface area contributed by atoms with Gasteiger partial charge >= 0.3 is 5.69 Å². The highest BCUT2D eigenvalue weighted by Gasteiger charge is 2.18. The van der Waals surface area contributed by atoms with Crippen LogP contribution in [0.4, 0.5) is 17.1 Å². The standard InChI is InChI=1S/C16H14N4O4/c1-12(9-13-5-3-2-4-6-13)11-17-18-15-8-7-14(19(21)22)10-16(15)20(23)24/h2-11,18H,1H3/b12-9-,17-11+. The molecule has 122 valence electrons. The van der Waals surface area contributed by atoms with E-state index in [1.54, 1.807) is 0 Å². The van der Waals surface area contributed by atoms with E-state index >= 15 is 0 Å². The van der Waals surface area contributed by atoms with Crippen LogP contribution < -0.4 is 5.43 Å². The zero-order chi connectivity index (χ0) is 17.5. The van der Waals surface area contributed by atoms with Crippen molar-refractivity contribution < 1.29 is 9.85 Å². The minimum Gasteiger partial charge on any atom is -0.272 e. The monoisotopic (exact) mass is 326 g/mol. The van der Waals surface area contributed by atoms with Gasteiger partial charge in [0.1, 0.15) is 5.69 Å². The number of benzene rings is 2. The fourth-order valence-corrected chi connectivity index (χ4v) is 1.93. The Hall–Kier alpha value is -3.55. The summed E-state index contributed by atoms with van der Waals surface area (Å²) in [6, 6.07) is 12.9. The van der Waals surface area contributed by atoms with Gasteiger partial charge in [0.15, 0.2) is 0 Å². The van der Waals surface area contributed by atoms with Crippen LogP contribution in [-0.4, -0.2) is 16.1 Å². The van der Waals surface area contributed by atoms with E-state index in [1.165, 1.54) is 18.3 Å². The molecule has 0 unspecified atom stereocenters. The van der Waals surface area contributed by atoms with Crippen molar-refractivity contribution in [3.8, 4) is 0 Å². The lowest BCUT2D eigenvalue weighted by molar-refractivity contribution is -0.393. The maximum absolute atomic E-state index is 11.0. The molecule has 0 aliphatic carbocycles. The van der Waals surface area contributed by atoms with Gasteiger partial charge in [-0.2, -0.15) is 5.10 Å². The summed E-state index contributed by atoms with van der Waals surface area (Å²) in [5.74, 6) is 0. The predicted molar refractivity (Wildman–Crippen MR) is 92.0 cm³/mol. The molecule has 0 bridgehead atoms. The van der Waals surface area contributed by atoms with Crippen molar-refractivity contribution in [3.63, 3.8) is 0 Å². The number of nitro groups is 2. The number of hydrogen-bond acceptors (Lipinski definition) is 6. The van der Waals surface area contributed by atoms with E-state index in [0.29, 0.717) is 0 Å². The third kappa shape index (κ3) is 4.47. The van der Waals surface area contributed by atoms with Crippen LogP contribution in [0.15, 0.2) is 59.2 Å². The fraction of sp³-hybridized carbons (Fsp3) is 0.0625. The van der Waals surface area contributed by atoms with Gasteiger partial charge < -0.3 is 0 Å². The molecule has 24 heavy (non-hydrogen) atoms. The zero-order valence-electron chi connectivity index (χ0n) is 12.7. The van der Waals surface area contributed by atoms with E-state index < -0.39 is 15.5 Å². The SMILES string of the molecule is CC(=C/c1ccccc1)/C=N/Nc1ccc([N+](=O)[O-])cc1[N+](=O)[O-]. The highest BCUT2D eigenvalue weighted by Crippen LogP contribution is 2.28. The number of hydrogen-bond donors (Lipinski definition) is 1. The Morgan fingerprint density at radius 3 is 2.42 bits per heavy atom. The normalized spacial score (nSPS) is 11.5. The number of non-ortho nitro benzene ring substituents is 1. The van der Waals surface area contributed by atoms with Crippen molar-refractivity contribution in [2.45, 2.75) is 6.92 Å². The lowest BCUT2D eigenvalue weighted by atomic mass is 10.1. The Labute approximate surface area is 137 Å². The number of hydrazone groups is 1. The first-order chi connectivity index (χ1) is 11.5. The number of anilines is 1. The van der Waals surface area contributed by atoms with E-state index in [2.05, 4.69) is 10.5 Å². The second-order valence-electron chi connectivity index (χ2n) is 4.88. The molecule has 0 aromatic heterocycles. The van der Waals surface area contributed by atoms with Gasteiger partial charge in [0.2, 0.25) is 0 Å². The van der Waals surface area contributed by atoms with Gasteiger partial charge in [-0.15, -0.1) is 0 Å². The second kappa shape index (κ2) is 7.63. The largest absolute Gasteiger partial charge is 0.301 e. The molecule has 0 saturated carbocycles. The molecule has 0 atom stereocenters. The minimum atomic E-state index is -0.697. The smallest absolute Gasteiger partial charge is 0.272 e. The molecule has 2 aromatic rings. The average molecular weight is 326 g/mol. The number of allylic oxidation sites excluding steroid dienone is 1. The molecule has 0 radical (unpaired) electrons. The van der Waals surface area contributed by atoms with E-state index in [-0.39, 0.29) is 11.4 Å². The highest BCUT2D eigenvalue weighted by molar-refractivity contribution is 5.85. The quantitative estimate of drug-likeness (QED) is 0.490. The summed E-state index contributed by atoms with van der Waals surface area (Å²) >= 11 is 0. The third-order valence-corrected chi connectivity index (χ3v) is 3.04. The van der Waals surface area contributed by atoms with Crippen LogP contribution in [0.1, 0.15) is 12.5 Å². The lowest BCUT2D eigenvalue weighted by Crippen LogP contribution is -1.98. The Morgan fingerprint density at radius 2 is 1.79 bits per heavy atom. The van der Waals surface area contributed by atoms with Crippen molar-refractivity contribution in [1.29, 1.82) is 0 Å². The van der Waals surface area contributed by atoms with Gasteiger partial charge in [-0.1, -0.05) is 36.4 Å². The first-order valence-electron chi connectivity index (χ1n) is 6.92. The van der Waals surface area contributed by atoms with Crippen LogP contribution in [-0.2, 0) is 0 Å². The molecule has 0 saturated heterocycles. The third-order valence-electron chi connectivity index (χ3n) is 3.04. The molecule has 0 fully saturated rings. The summed E-state index contributed by atoms with van der Waals surface area (Å²) in [4.78, 5) is 20.3. The average Bonchev–Trinajstić information content (AvgIpc) is 2.55. The first-order valence-corrected chi connectivity index (χ1v) is 6.92. The number of rotatable bonds is 6. The second-order valence-corrected chi connectivity index (χ2v) is 4.88. The Morgan fingerprint density at radius 1 is 1.08 bits per heavy atom. The van der Waals surface area contributed by atoms with Crippen LogP contribution in [0.2, 0.25) is 0 Å². The molecule has 0 heterocycles. The molecule has 0 aliphatic heterocycles. The number of nitrogens with one attached hydrogen (secondary N) is 1. The summed E-state index contributed by atoms with van der Waals surface area (Å²) in [5.41, 5.74) is 3.69. The Balaban J connectivity index is 2.15. The van der Waals surface area contributed by atoms with Crippen LogP contribution in [0.25, 0.3) is 6.08 Å². The summed E-state index contributed by atoms with van der Waals surface area (Å²) < 4.78 is 0.